The van der Waals surface area contributed by atoms with Crippen LogP contribution in [0, 0.1) is 17.8 Å². The van der Waals surface area contributed by atoms with Crippen molar-refractivity contribution in [3.05, 3.63) is 107 Å². The van der Waals surface area contributed by atoms with Crippen LogP contribution in [0.15, 0.2) is 79.0 Å². The van der Waals surface area contributed by atoms with E-state index in [2.05, 4.69) is 36.9 Å². The number of benzene rings is 3. The molecular weight excluding hydrogens is 883 g/mol. The Kier molecular flexibility index (Phi) is 18.6. The van der Waals surface area contributed by atoms with E-state index in [1.807, 2.05) is 72.8 Å². The van der Waals surface area contributed by atoms with Crippen molar-refractivity contribution in [1.29, 1.82) is 0 Å². The minimum Gasteiger partial charge on any atom is -0.481 e. The summed E-state index contributed by atoms with van der Waals surface area (Å²) in [6.07, 6.45) is 3.30. The van der Waals surface area contributed by atoms with Crippen LogP contribution < -0.4 is 31.9 Å². The molecule has 1 aliphatic rings. The molecule has 17 nitrogen and oxygen atoms in total. The zero-order valence-corrected chi connectivity index (χ0v) is 40.4. The molecule has 1 heterocycles. The summed E-state index contributed by atoms with van der Waals surface area (Å²) < 4.78 is 0. The Bertz CT molecular complexity index is 2460. The highest BCUT2D eigenvalue weighted by Crippen LogP contribution is 2.37. The summed E-state index contributed by atoms with van der Waals surface area (Å²) in [6, 6.07) is 14.6. The van der Waals surface area contributed by atoms with Crippen LogP contribution in [0.1, 0.15) is 108 Å². The van der Waals surface area contributed by atoms with Crippen molar-refractivity contribution in [2.75, 3.05) is 0 Å². The van der Waals surface area contributed by atoms with E-state index in [1.54, 1.807) is 47.7 Å². The molecule has 1 aliphatic carbocycles. The molecule has 0 aliphatic heterocycles. The number of hydrogen-bond donors (Lipinski definition) is 9. The van der Waals surface area contributed by atoms with E-state index in [1.165, 1.54) is 6.92 Å². The SMILES string of the molecule is CC[C@H](C)[C@H](NC(=O)[C@H](CC(=O)O)NC(=O)[C@@H](NC(=O)[C@H](NC(C)=O)C1c2ccccc2CCc2ccccc21)[C@@H](C)CC)C(=O)N[C@H](C(=O)N[C@@H](Cc1c[nH]c2ccccc12)C(=O)O)[C@@H](C)CC. The molecule has 3 aromatic carbocycles. The molecule has 0 unspecified atom stereocenters. The van der Waals surface area contributed by atoms with Gasteiger partial charge in [-0.15, -0.1) is 0 Å². The molecule has 0 radical (unpaired) electrons. The van der Waals surface area contributed by atoms with Gasteiger partial charge >= 0.3 is 11.9 Å². The molecule has 17 heteroatoms. The predicted molar refractivity (Wildman–Crippen MR) is 260 cm³/mol. The lowest BCUT2D eigenvalue weighted by molar-refractivity contribution is -0.142. The molecule has 370 valence electrons. The second-order valence-corrected chi connectivity index (χ2v) is 18.3. The number of aromatic nitrogens is 1. The second-order valence-electron chi connectivity index (χ2n) is 18.3. The number of carbonyl (C=O) groups excluding carboxylic acids is 6. The molecule has 0 bridgehead atoms. The first-order valence-electron chi connectivity index (χ1n) is 23.8. The van der Waals surface area contributed by atoms with E-state index in [0.29, 0.717) is 37.7 Å². The number of H-pyrrole nitrogens is 1. The van der Waals surface area contributed by atoms with Crippen molar-refractivity contribution in [2.24, 2.45) is 17.8 Å². The molecule has 0 saturated heterocycles. The minimum absolute atomic E-state index is 0.0461. The van der Waals surface area contributed by atoms with Gasteiger partial charge in [-0.1, -0.05) is 128 Å². The highest BCUT2D eigenvalue weighted by atomic mass is 16.4. The summed E-state index contributed by atoms with van der Waals surface area (Å²) in [7, 11) is 0. The number of fused-ring (bicyclic) bond motifs is 3. The smallest absolute Gasteiger partial charge is 0.326 e. The van der Waals surface area contributed by atoms with Gasteiger partial charge in [0.2, 0.25) is 35.4 Å². The van der Waals surface area contributed by atoms with Crippen molar-refractivity contribution < 1.29 is 48.6 Å². The highest BCUT2D eigenvalue weighted by Gasteiger charge is 2.40. The van der Waals surface area contributed by atoms with E-state index in [0.717, 1.165) is 33.2 Å². The first-order chi connectivity index (χ1) is 32.9. The van der Waals surface area contributed by atoms with Crippen LogP contribution >= 0.6 is 0 Å². The van der Waals surface area contributed by atoms with Gasteiger partial charge in [-0.05, 0) is 64.5 Å². The monoisotopic (exact) mass is 949 g/mol. The van der Waals surface area contributed by atoms with Crippen molar-refractivity contribution in [3.8, 4) is 0 Å². The highest BCUT2D eigenvalue weighted by molar-refractivity contribution is 5.98. The van der Waals surface area contributed by atoms with Crippen molar-refractivity contribution in [1.82, 2.24) is 36.9 Å². The summed E-state index contributed by atoms with van der Waals surface area (Å²) in [5.41, 5.74) is 5.18. The van der Waals surface area contributed by atoms with Gasteiger partial charge in [0.05, 0.1) is 6.42 Å². The Morgan fingerprint density at radius 2 is 1.03 bits per heavy atom. The average Bonchev–Trinajstić information content (AvgIpc) is 3.66. The maximum absolute atomic E-state index is 14.6. The van der Waals surface area contributed by atoms with Crippen LogP contribution in [-0.4, -0.2) is 98.8 Å². The number of amides is 6. The van der Waals surface area contributed by atoms with Gasteiger partial charge in [-0.2, -0.15) is 0 Å². The summed E-state index contributed by atoms with van der Waals surface area (Å²) >= 11 is 0. The minimum atomic E-state index is -1.72. The standard InChI is InChI=1S/C52H67N7O10/c1-8-28(4)43(59-51(67)46(54-31(7)60)42-36-20-13-11-17-32(36)23-24-33-18-12-14-21-37(33)42)48(64)55-39(26-41(61)62)47(63)57-45(30(6)10-3)50(66)58-44(29(5)9-2)49(65)56-40(52(68)69)25-34-27-53-38-22-16-15-19-35(34)38/h11-22,27-30,39-40,42-46,53H,8-10,23-26H2,1-7H3,(H,54,60)(H,55,64)(H,56,65)(H,57,63)(H,58,66)(H,59,67)(H,61,62)(H,68,69)/t28-,29-,30-,39-,40-,43-,44-,45-,46+/m0/s1. The normalized spacial score (nSPS) is 16.2. The number of aryl methyl sites for hydroxylation is 2. The summed E-state index contributed by atoms with van der Waals surface area (Å²) in [5.74, 6) is -9.48. The number of nitrogens with one attached hydrogen (secondary N) is 7. The number of aromatic amines is 1. The van der Waals surface area contributed by atoms with Crippen LogP contribution in [0.25, 0.3) is 10.9 Å². The largest absolute Gasteiger partial charge is 0.481 e. The quantitative estimate of drug-likeness (QED) is 0.0510. The lowest BCUT2D eigenvalue weighted by Gasteiger charge is -2.32. The predicted octanol–water partition coefficient (Wildman–Crippen LogP) is 4.27. The Labute approximate surface area is 402 Å². The Hall–Kier alpha value is -7.04. The molecule has 1 aromatic heterocycles. The zero-order chi connectivity index (χ0) is 50.5. The fourth-order valence-corrected chi connectivity index (χ4v) is 8.92. The Morgan fingerprint density at radius 1 is 0.580 bits per heavy atom. The number of hydrogen-bond acceptors (Lipinski definition) is 8. The van der Waals surface area contributed by atoms with Gasteiger partial charge in [0.25, 0.3) is 0 Å². The van der Waals surface area contributed by atoms with Gasteiger partial charge in [0.15, 0.2) is 0 Å². The zero-order valence-electron chi connectivity index (χ0n) is 40.4. The molecule has 0 spiro atoms. The van der Waals surface area contributed by atoms with Crippen molar-refractivity contribution in [2.45, 2.75) is 136 Å². The molecule has 9 N–H and O–H groups in total. The number of carbonyl (C=O) groups is 8. The lowest BCUT2D eigenvalue weighted by atomic mass is 9.81. The fraction of sp³-hybridized carbons (Fsp3) is 0.462. The number of carboxylic acids is 2. The third-order valence-corrected chi connectivity index (χ3v) is 13.5. The van der Waals surface area contributed by atoms with Crippen LogP contribution in [0.2, 0.25) is 0 Å². The maximum atomic E-state index is 14.6. The summed E-state index contributed by atoms with van der Waals surface area (Å²) in [5, 5.41) is 37.1. The third-order valence-electron chi connectivity index (χ3n) is 13.5. The van der Waals surface area contributed by atoms with Gasteiger partial charge in [-0.25, -0.2) is 4.79 Å². The van der Waals surface area contributed by atoms with Crippen LogP contribution in [0.4, 0.5) is 0 Å². The Morgan fingerprint density at radius 3 is 1.52 bits per heavy atom. The lowest BCUT2D eigenvalue weighted by Crippen LogP contribution is -2.62. The van der Waals surface area contributed by atoms with Gasteiger partial charge in [-0.3, -0.25) is 33.6 Å². The molecule has 0 saturated carbocycles. The van der Waals surface area contributed by atoms with Gasteiger partial charge in [0.1, 0.15) is 36.3 Å². The summed E-state index contributed by atoms with van der Waals surface area (Å²) in [4.78, 5) is 112. The molecule has 69 heavy (non-hydrogen) atoms. The first-order valence-corrected chi connectivity index (χ1v) is 23.8. The third kappa shape index (κ3) is 13.4. The van der Waals surface area contributed by atoms with Crippen LogP contribution in [0.3, 0.4) is 0 Å². The first kappa shape index (κ1) is 52.9. The van der Waals surface area contributed by atoms with E-state index in [9.17, 15) is 48.6 Å². The van der Waals surface area contributed by atoms with E-state index < -0.39 is 114 Å². The number of aliphatic carboxylic acids is 2. The molecule has 4 aromatic rings. The molecular formula is C52H67N7O10. The van der Waals surface area contributed by atoms with E-state index in [-0.39, 0.29) is 6.42 Å². The van der Waals surface area contributed by atoms with Gasteiger partial charge < -0.3 is 47.1 Å². The fourth-order valence-electron chi connectivity index (χ4n) is 8.92. The second kappa shape index (κ2) is 24.3. The number of para-hydroxylation sites is 1. The molecule has 5 rings (SSSR count). The van der Waals surface area contributed by atoms with E-state index in [4.69, 9.17) is 0 Å². The average molecular weight is 950 g/mol. The van der Waals surface area contributed by atoms with Crippen molar-refractivity contribution >= 4 is 58.3 Å². The van der Waals surface area contributed by atoms with E-state index >= 15 is 0 Å². The number of carboxylic acid groups (broad SMARTS) is 2. The maximum Gasteiger partial charge on any atom is 0.326 e. The number of rotatable bonds is 23. The molecule has 6 amide bonds. The topological polar surface area (TPSA) is 265 Å². The Balaban J connectivity index is 1.36. The molecule has 0 fully saturated rings. The van der Waals surface area contributed by atoms with Gasteiger partial charge in [0, 0.05) is 36.4 Å². The summed E-state index contributed by atoms with van der Waals surface area (Å²) in [6.45, 7) is 11.8. The van der Waals surface area contributed by atoms with Crippen LogP contribution in [-0.2, 0) is 57.6 Å². The molecule has 9 atom stereocenters. The van der Waals surface area contributed by atoms with Crippen molar-refractivity contribution in [3.63, 3.8) is 0 Å². The van der Waals surface area contributed by atoms with Crippen LogP contribution in [0.5, 0.6) is 0 Å².